The van der Waals surface area contributed by atoms with Crippen molar-refractivity contribution < 1.29 is 27.5 Å². The van der Waals surface area contributed by atoms with Crippen LogP contribution < -0.4 is 10.2 Å². The zero-order valence-electron chi connectivity index (χ0n) is 19.6. The Labute approximate surface area is 188 Å². The second kappa shape index (κ2) is 11.7. The summed E-state index contributed by atoms with van der Waals surface area (Å²) in [5.41, 5.74) is -0.284. The molecule has 5 nitrogen and oxygen atoms in total. The fraction of sp³-hybridized carbons (Fsp3) is 0.500. The molecular weight excluding hydrogens is 421 g/mol. The van der Waals surface area contributed by atoms with E-state index in [1.54, 1.807) is 65.9 Å². The maximum Gasteiger partial charge on any atom is 0.416 e. The van der Waals surface area contributed by atoms with Gasteiger partial charge in [-0.2, -0.15) is 13.2 Å². The van der Waals surface area contributed by atoms with Crippen LogP contribution in [0.15, 0.2) is 47.7 Å². The molecule has 1 aromatic rings. The van der Waals surface area contributed by atoms with Crippen LogP contribution in [0, 0.1) is 0 Å². The number of Topliss-reactive ketones (excluding diaryl/α,β-unsaturated/α-hetero) is 1. The smallest absolute Gasteiger partial charge is 0.416 e. The molecule has 0 radical (unpaired) electrons. The summed E-state index contributed by atoms with van der Waals surface area (Å²) in [6.45, 7) is 8.84. The molecule has 0 aliphatic rings. The number of alkyl carbamates (subject to hydrolysis) is 1. The van der Waals surface area contributed by atoms with E-state index in [-0.39, 0.29) is 30.9 Å². The highest BCUT2D eigenvalue weighted by molar-refractivity contribution is 5.99. The zero-order valence-corrected chi connectivity index (χ0v) is 19.6. The number of ether oxygens (including phenoxy) is 1. The average molecular weight is 455 g/mol. The van der Waals surface area contributed by atoms with Gasteiger partial charge in [0.1, 0.15) is 5.60 Å². The topological polar surface area (TPSA) is 58.6 Å². The first-order valence-corrected chi connectivity index (χ1v) is 10.6. The first kappa shape index (κ1) is 27.3. The minimum Gasteiger partial charge on any atom is -0.444 e. The number of allylic oxidation sites excluding steroid dienone is 4. The van der Waals surface area contributed by atoms with E-state index in [4.69, 9.17) is 4.74 Å². The fourth-order valence-corrected chi connectivity index (χ4v) is 2.85. The van der Waals surface area contributed by atoms with Crippen molar-refractivity contribution in [1.29, 1.82) is 0 Å². The Balaban J connectivity index is 3.20. The third-order valence-corrected chi connectivity index (χ3v) is 4.30. The number of halogens is 3. The number of nitrogens with one attached hydrogen (secondary N) is 1. The van der Waals surface area contributed by atoms with Crippen molar-refractivity contribution in [2.24, 2.45) is 0 Å². The summed E-state index contributed by atoms with van der Waals surface area (Å²) in [5.74, 6) is -0.376. The summed E-state index contributed by atoms with van der Waals surface area (Å²) < 4.78 is 45.5. The lowest BCUT2D eigenvalue weighted by atomic mass is 10.1. The van der Waals surface area contributed by atoms with E-state index in [9.17, 15) is 22.8 Å². The number of anilines is 1. The number of likely N-dealkylation sites (N-methyl/N-ethyl adjacent to an activating group) is 1. The lowest BCUT2D eigenvalue weighted by Gasteiger charge is -2.24. The summed E-state index contributed by atoms with van der Waals surface area (Å²) in [6, 6.07) is 6.89. The highest BCUT2D eigenvalue weighted by atomic mass is 19.4. The van der Waals surface area contributed by atoms with E-state index < -0.39 is 23.4 Å². The maximum absolute atomic E-state index is 13.4. The van der Waals surface area contributed by atoms with Gasteiger partial charge in [-0.3, -0.25) is 4.79 Å². The van der Waals surface area contributed by atoms with E-state index in [0.717, 1.165) is 12.2 Å². The molecule has 0 heterocycles. The first-order valence-electron chi connectivity index (χ1n) is 10.6. The van der Waals surface area contributed by atoms with Crippen molar-refractivity contribution >= 4 is 17.6 Å². The van der Waals surface area contributed by atoms with Crippen molar-refractivity contribution in [3.63, 3.8) is 0 Å². The Bertz CT molecular complexity index is 853. The molecule has 0 spiro atoms. The van der Waals surface area contributed by atoms with Crippen molar-refractivity contribution in [2.45, 2.75) is 72.2 Å². The van der Waals surface area contributed by atoms with Gasteiger partial charge < -0.3 is 15.0 Å². The van der Waals surface area contributed by atoms with Crippen molar-refractivity contribution in [1.82, 2.24) is 5.32 Å². The molecular formula is C24H33F3N2O3. The van der Waals surface area contributed by atoms with Crippen LogP contribution in [-0.2, 0) is 16.1 Å². The van der Waals surface area contributed by atoms with Crippen LogP contribution in [0.1, 0.15) is 59.4 Å². The first-order chi connectivity index (χ1) is 14.8. The number of hydrogen-bond acceptors (Lipinski definition) is 4. The standard InChI is InChI=1S/C24H33F3N2O3/c1-7-10-18(24(25,26)27)15-20(21(30)11-8-2)29(6)19-13-9-12-17(14-19)16-28-22(31)32-23(3,4)5/h9-10,12-15H,7-8,11,16H2,1-6H3,(H,28,31)/b18-10-,20-15-. The van der Waals surface area contributed by atoms with E-state index in [1.807, 2.05) is 0 Å². The zero-order chi connectivity index (χ0) is 24.5. The molecule has 0 aliphatic carbocycles. The van der Waals surface area contributed by atoms with Gasteiger partial charge in [-0.25, -0.2) is 4.79 Å². The van der Waals surface area contributed by atoms with E-state index in [2.05, 4.69) is 5.32 Å². The number of ketones is 1. The Hall–Kier alpha value is -2.77. The lowest BCUT2D eigenvalue weighted by molar-refractivity contribution is -0.115. The molecule has 1 amide bonds. The number of hydrogen-bond donors (Lipinski definition) is 1. The molecule has 0 aromatic heterocycles. The second-order valence-electron chi connectivity index (χ2n) is 8.35. The number of alkyl halides is 3. The van der Waals surface area contributed by atoms with Crippen LogP contribution in [0.2, 0.25) is 0 Å². The predicted molar refractivity (Wildman–Crippen MR) is 120 cm³/mol. The molecule has 178 valence electrons. The molecule has 1 N–H and O–H groups in total. The summed E-state index contributed by atoms with van der Waals surface area (Å²) in [7, 11) is 1.56. The van der Waals surface area contributed by atoms with Crippen LogP contribution in [-0.4, -0.2) is 30.7 Å². The van der Waals surface area contributed by atoms with Gasteiger partial charge in [0.2, 0.25) is 0 Å². The maximum atomic E-state index is 13.4. The highest BCUT2D eigenvalue weighted by Crippen LogP contribution is 2.30. The van der Waals surface area contributed by atoms with Gasteiger partial charge in [0.05, 0.1) is 11.3 Å². The van der Waals surface area contributed by atoms with Gasteiger partial charge in [0.15, 0.2) is 5.78 Å². The SMILES string of the molecule is CC/C=C(/C=C(/C(=O)CCC)N(C)c1cccc(CNC(=O)OC(C)(C)C)c1)C(F)(F)F. The Morgan fingerprint density at radius 2 is 1.81 bits per heavy atom. The molecule has 8 heteroatoms. The van der Waals surface area contributed by atoms with Gasteiger partial charge in [-0.05, 0) is 57.4 Å². The third-order valence-electron chi connectivity index (χ3n) is 4.30. The molecule has 1 aromatic carbocycles. The number of carbonyl (C=O) groups excluding carboxylic acids is 2. The summed E-state index contributed by atoms with van der Waals surface area (Å²) >= 11 is 0. The molecule has 0 atom stereocenters. The van der Waals surface area contributed by atoms with Crippen molar-refractivity contribution in [2.75, 3.05) is 11.9 Å². The van der Waals surface area contributed by atoms with Crippen molar-refractivity contribution in [3.05, 3.63) is 53.3 Å². The van der Waals surface area contributed by atoms with Gasteiger partial charge in [0.25, 0.3) is 0 Å². The minimum atomic E-state index is -4.56. The van der Waals surface area contributed by atoms with E-state index >= 15 is 0 Å². The number of rotatable bonds is 9. The second-order valence-corrected chi connectivity index (χ2v) is 8.35. The number of carbonyl (C=O) groups is 2. The van der Waals surface area contributed by atoms with Crippen LogP contribution in [0.25, 0.3) is 0 Å². The normalized spacial score (nSPS) is 13.0. The molecule has 0 aliphatic heterocycles. The van der Waals surface area contributed by atoms with Gasteiger partial charge >= 0.3 is 12.3 Å². The number of amides is 1. The Morgan fingerprint density at radius 1 is 1.16 bits per heavy atom. The number of benzene rings is 1. The number of nitrogens with zero attached hydrogens (tertiary/aromatic N) is 1. The average Bonchev–Trinajstić information content (AvgIpc) is 2.67. The van der Waals surface area contributed by atoms with Crippen LogP contribution in [0.5, 0.6) is 0 Å². The molecule has 0 saturated heterocycles. The van der Waals surface area contributed by atoms with Crippen LogP contribution in [0.3, 0.4) is 0 Å². The summed E-state index contributed by atoms with van der Waals surface area (Å²) in [6.07, 6.45) is -2.32. The van der Waals surface area contributed by atoms with Gasteiger partial charge in [0, 0.05) is 25.7 Å². The molecule has 0 unspecified atom stereocenters. The van der Waals surface area contributed by atoms with Crippen molar-refractivity contribution in [3.8, 4) is 0 Å². The molecule has 0 saturated carbocycles. The molecule has 1 rings (SSSR count). The minimum absolute atomic E-state index is 0.0406. The van der Waals surface area contributed by atoms with E-state index in [1.165, 1.54) is 4.90 Å². The van der Waals surface area contributed by atoms with Crippen LogP contribution in [0.4, 0.5) is 23.7 Å². The monoisotopic (exact) mass is 454 g/mol. The summed E-state index contributed by atoms with van der Waals surface area (Å²) in [5, 5.41) is 2.64. The molecule has 0 bridgehead atoms. The van der Waals surface area contributed by atoms with Gasteiger partial charge in [-0.15, -0.1) is 0 Å². The van der Waals surface area contributed by atoms with E-state index in [0.29, 0.717) is 17.7 Å². The van der Waals surface area contributed by atoms with Gasteiger partial charge in [-0.1, -0.05) is 32.1 Å². The Morgan fingerprint density at radius 3 is 2.34 bits per heavy atom. The molecule has 0 fully saturated rings. The largest absolute Gasteiger partial charge is 0.444 e. The highest BCUT2D eigenvalue weighted by Gasteiger charge is 2.33. The quantitative estimate of drug-likeness (QED) is 0.351. The summed E-state index contributed by atoms with van der Waals surface area (Å²) in [4.78, 5) is 26.0. The third kappa shape index (κ3) is 9.16. The van der Waals surface area contributed by atoms with Crippen LogP contribution >= 0.6 is 0 Å². The predicted octanol–water partition coefficient (Wildman–Crippen LogP) is 6.30. The lowest BCUT2D eigenvalue weighted by Crippen LogP contribution is -2.32. The Kier molecular flexibility index (Phi) is 10.0. The fourth-order valence-electron chi connectivity index (χ4n) is 2.85. The molecule has 32 heavy (non-hydrogen) atoms.